The van der Waals surface area contributed by atoms with E-state index in [0.717, 1.165) is 0 Å². The van der Waals surface area contributed by atoms with E-state index in [-0.39, 0.29) is 24.8 Å². The number of allylic oxidation sites excluding steroid dienone is 8. The number of halogens is 2. The molecule has 3 rings (SSSR count). The third-order valence-electron chi connectivity index (χ3n) is 4.47. The van der Waals surface area contributed by atoms with Crippen molar-refractivity contribution in [1.29, 1.82) is 0 Å². The summed E-state index contributed by atoms with van der Waals surface area (Å²) in [6.07, 6.45) is 13.6. The van der Waals surface area contributed by atoms with Gasteiger partial charge >= 0.3 is 118 Å². The predicted octanol–water partition coefficient (Wildman–Crippen LogP) is -1.45. The average Bonchev–Trinajstić information content (AvgIpc) is 2.88. The molecule has 1 heterocycles. The van der Waals surface area contributed by atoms with E-state index in [1.54, 1.807) is 20.9 Å². The van der Waals surface area contributed by atoms with Gasteiger partial charge < -0.3 is 24.8 Å². The van der Waals surface area contributed by atoms with Gasteiger partial charge in [-0.3, -0.25) is 0 Å². The molecule has 0 radical (unpaired) electrons. The molecule has 0 aromatic carbocycles. The van der Waals surface area contributed by atoms with Gasteiger partial charge in [0.05, 0.1) is 0 Å². The molecule has 19 heavy (non-hydrogen) atoms. The molecule has 0 unspecified atom stereocenters. The maximum absolute atomic E-state index is 2.63. The molecule has 4 heteroatoms. The van der Waals surface area contributed by atoms with Gasteiger partial charge in [0.1, 0.15) is 0 Å². The molecule has 0 atom stereocenters. The second-order valence-corrected chi connectivity index (χ2v) is 13.9. The summed E-state index contributed by atoms with van der Waals surface area (Å²) in [4.78, 5) is 0. The first kappa shape index (κ1) is 17.7. The van der Waals surface area contributed by atoms with Crippen molar-refractivity contribution in [2.24, 2.45) is 0 Å². The fourth-order valence-corrected chi connectivity index (χ4v) is 12.2. The van der Waals surface area contributed by atoms with E-state index in [1.165, 1.54) is 19.3 Å². The Morgan fingerprint density at radius 1 is 1.16 bits per heavy atom. The Morgan fingerprint density at radius 2 is 1.89 bits per heavy atom. The van der Waals surface area contributed by atoms with Gasteiger partial charge in [-0.2, -0.15) is 0 Å². The van der Waals surface area contributed by atoms with Crippen molar-refractivity contribution in [2.75, 3.05) is 0 Å². The maximum atomic E-state index is 2.63. The Bertz CT molecular complexity index is 471. The topological polar surface area (TPSA) is 0 Å². The molecule has 3 aliphatic rings. The summed E-state index contributed by atoms with van der Waals surface area (Å²) in [6, 6.07) is 3.12. The van der Waals surface area contributed by atoms with E-state index in [9.17, 15) is 0 Å². The molecule has 0 aromatic rings. The van der Waals surface area contributed by atoms with Crippen LogP contribution in [-0.2, 0) is 23.2 Å². The molecular weight excluding hydrogens is 370 g/mol. The van der Waals surface area contributed by atoms with Crippen LogP contribution >= 0.6 is 0 Å². The summed E-state index contributed by atoms with van der Waals surface area (Å²) >= 11 is -0.448. The summed E-state index contributed by atoms with van der Waals surface area (Å²) < 4.78 is 3.69. The Morgan fingerprint density at radius 3 is 2.42 bits per heavy atom. The van der Waals surface area contributed by atoms with Crippen LogP contribution in [0.3, 0.4) is 0 Å². The van der Waals surface area contributed by atoms with E-state index in [0.29, 0.717) is 0 Å². The molecule has 0 saturated carbocycles. The third kappa shape index (κ3) is 3.46. The molecule has 0 aromatic heterocycles. The van der Waals surface area contributed by atoms with E-state index < -0.39 is 31.3 Å². The van der Waals surface area contributed by atoms with Crippen molar-refractivity contribution in [3.63, 3.8) is 0 Å². The zero-order valence-corrected chi connectivity index (χ0v) is 16.6. The first-order valence-electron chi connectivity index (χ1n) is 6.72. The summed E-state index contributed by atoms with van der Waals surface area (Å²) in [7, 11) is -0.942. The first-order valence-corrected chi connectivity index (χ1v) is 12.1. The molecule has 0 amide bonds. The molecule has 1 aliphatic heterocycles. The fraction of sp³-hybridized carbons (Fsp3) is 0.467. The van der Waals surface area contributed by atoms with E-state index >= 15 is 0 Å². The maximum Gasteiger partial charge on any atom is -1.00 e. The molecule has 0 spiro atoms. The molecule has 1 fully saturated rings. The Hall–Kier alpha value is 0.640. The average molecular weight is 391 g/mol. The normalized spacial score (nSPS) is 22.8. The van der Waals surface area contributed by atoms with Crippen LogP contribution in [0, 0.1) is 0 Å². The summed E-state index contributed by atoms with van der Waals surface area (Å²) in [6.45, 7) is 5.01. The Labute approximate surface area is 141 Å². The van der Waals surface area contributed by atoms with Crippen LogP contribution in [0.1, 0.15) is 26.2 Å². The van der Waals surface area contributed by atoms with Gasteiger partial charge in [-0.05, 0) is 0 Å². The van der Waals surface area contributed by atoms with Gasteiger partial charge in [0.25, 0.3) is 0 Å². The van der Waals surface area contributed by atoms with Crippen molar-refractivity contribution in [2.45, 2.75) is 44.8 Å². The van der Waals surface area contributed by atoms with Crippen LogP contribution in [0.15, 0.2) is 41.6 Å². The zero-order valence-electron chi connectivity index (χ0n) is 11.6. The Balaban J connectivity index is 0.000000902. The molecule has 0 nitrogen and oxygen atoms in total. The summed E-state index contributed by atoms with van der Waals surface area (Å²) in [5, 5.41) is 1.90. The number of hydrogen-bond acceptors (Lipinski definition) is 0. The van der Waals surface area contributed by atoms with Crippen LogP contribution in [0.5, 0.6) is 0 Å². The fourth-order valence-electron chi connectivity index (χ4n) is 3.09. The third-order valence-corrected chi connectivity index (χ3v) is 13.8. The van der Waals surface area contributed by atoms with Crippen molar-refractivity contribution in [3.05, 3.63) is 41.6 Å². The molecule has 1 saturated heterocycles. The van der Waals surface area contributed by atoms with Gasteiger partial charge in [-0.25, -0.2) is 0 Å². The molecule has 0 bridgehead atoms. The minimum absolute atomic E-state index is 0. The number of rotatable bonds is 3. The van der Waals surface area contributed by atoms with Crippen molar-refractivity contribution >= 4 is 8.07 Å². The largest absolute Gasteiger partial charge is 1.00 e. The quantitative estimate of drug-likeness (QED) is 0.517. The first-order chi connectivity index (χ1) is 8.19. The van der Waals surface area contributed by atoms with E-state index in [4.69, 9.17) is 0 Å². The van der Waals surface area contributed by atoms with Gasteiger partial charge in [0.15, 0.2) is 0 Å². The number of hydrogen-bond donors (Lipinski definition) is 0. The van der Waals surface area contributed by atoms with Gasteiger partial charge in [0.2, 0.25) is 0 Å². The van der Waals surface area contributed by atoms with Gasteiger partial charge in [-0.15, -0.1) is 0 Å². The van der Waals surface area contributed by atoms with Gasteiger partial charge in [0, 0.05) is 0 Å². The molecule has 0 N–H and O–H groups in total. The second-order valence-electron chi connectivity index (χ2n) is 5.84. The van der Waals surface area contributed by atoms with Crippen LogP contribution in [0.4, 0.5) is 0 Å². The van der Waals surface area contributed by atoms with Crippen LogP contribution in [0.2, 0.25) is 18.6 Å². The molecule has 2 aliphatic carbocycles. The SMILES string of the molecule is CC1=[C]([Zr+2][C]2=CC=CC2)C([Si]2(C)CCC2)=CC1.[Cl-].[Cl-]. The minimum atomic E-state index is -0.942. The molecular formula is C15H20Cl2SiZr. The monoisotopic (exact) mass is 388 g/mol. The van der Waals surface area contributed by atoms with Crippen molar-refractivity contribution in [1.82, 2.24) is 0 Å². The molecule has 102 valence electrons. The van der Waals surface area contributed by atoms with Gasteiger partial charge in [-0.1, -0.05) is 0 Å². The van der Waals surface area contributed by atoms with Crippen LogP contribution < -0.4 is 24.8 Å². The smallest absolute Gasteiger partial charge is 1.00 e. The standard InChI is InChI=1S/C10H15Si.C5H5.2ClH.Zr/c1-9-4-5-10(8-9)11(2)6-3-7-11;1-2-4-5-3-1;;;/h5H,3-4,6-7H2,1-2H3;1-3H,4H2;2*1H;/q;;;;+2/p-2. The Kier molecular flexibility index (Phi) is 6.58. The van der Waals surface area contributed by atoms with E-state index in [1.807, 2.05) is 8.48 Å². The predicted molar refractivity (Wildman–Crippen MR) is 73.1 cm³/mol. The van der Waals surface area contributed by atoms with Crippen LogP contribution in [0.25, 0.3) is 0 Å². The summed E-state index contributed by atoms with van der Waals surface area (Å²) in [5.74, 6) is 0. The van der Waals surface area contributed by atoms with Crippen molar-refractivity contribution in [3.8, 4) is 0 Å². The van der Waals surface area contributed by atoms with Crippen LogP contribution in [-0.4, -0.2) is 8.07 Å². The van der Waals surface area contributed by atoms with Crippen molar-refractivity contribution < 1.29 is 48.0 Å². The summed E-state index contributed by atoms with van der Waals surface area (Å²) in [5.41, 5.74) is 1.72. The minimum Gasteiger partial charge on any atom is -1.00 e. The zero-order chi connectivity index (χ0) is 11.9. The second kappa shape index (κ2) is 7.07. The van der Waals surface area contributed by atoms with E-state index in [2.05, 4.69) is 37.8 Å².